The second kappa shape index (κ2) is 9.45. The standard InChI is InChI=1S/C19H22N2O3/c1-15(22)16-7-9-18(10-8-16)24-14-4-6-19(23)21-13-11-17-5-2-3-12-20-17/h2-3,5,7-10,12H,4,6,11,13-14H2,1H3,(H,21,23). The van der Waals surface area contributed by atoms with Crippen LogP contribution in [0.1, 0.15) is 35.8 Å². The molecule has 1 N–H and O–H groups in total. The molecule has 0 bridgehead atoms. The van der Waals surface area contributed by atoms with Gasteiger partial charge in [-0.1, -0.05) is 6.07 Å². The maximum Gasteiger partial charge on any atom is 0.220 e. The lowest BCUT2D eigenvalue weighted by Crippen LogP contribution is -2.26. The van der Waals surface area contributed by atoms with Crippen molar-refractivity contribution in [2.75, 3.05) is 13.2 Å². The summed E-state index contributed by atoms with van der Waals surface area (Å²) in [5.41, 5.74) is 1.63. The van der Waals surface area contributed by atoms with Gasteiger partial charge in [-0.25, -0.2) is 0 Å². The first-order valence-electron chi connectivity index (χ1n) is 8.05. The molecule has 0 fully saturated rings. The zero-order valence-corrected chi connectivity index (χ0v) is 13.8. The van der Waals surface area contributed by atoms with Crippen LogP contribution < -0.4 is 10.1 Å². The van der Waals surface area contributed by atoms with Gasteiger partial charge in [-0.15, -0.1) is 0 Å². The molecule has 126 valence electrons. The minimum Gasteiger partial charge on any atom is -0.494 e. The molecule has 0 spiro atoms. The number of aromatic nitrogens is 1. The summed E-state index contributed by atoms with van der Waals surface area (Å²) in [6.45, 7) is 2.58. The molecule has 5 nitrogen and oxygen atoms in total. The molecular formula is C19H22N2O3. The second-order valence-corrected chi connectivity index (χ2v) is 5.45. The molecule has 0 unspecified atom stereocenters. The monoisotopic (exact) mass is 326 g/mol. The van der Waals surface area contributed by atoms with Crippen LogP contribution >= 0.6 is 0 Å². The largest absolute Gasteiger partial charge is 0.494 e. The number of carbonyl (C=O) groups excluding carboxylic acids is 2. The highest BCUT2D eigenvalue weighted by molar-refractivity contribution is 5.94. The highest BCUT2D eigenvalue weighted by Gasteiger charge is 2.03. The number of nitrogens with zero attached hydrogens (tertiary/aromatic N) is 1. The van der Waals surface area contributed by atoms with Crippen LogP contribution in [0.15, 0.2) is 48.7 Å². The fourth-order valence-corrected chi connectivity index (χ4v) is 2.17. The van der Waals surface area contributed by atoms with Crippen LogP contribution in [0.5, 0.6) is 5.75 Å². The number of hydrogen-bond acceptors (Lipinski definition) is 4. The summed E-state index contributed by atoms with van der Waals surface area (Å²) in [4.78, 5) is 27.1. The Morgan fingerprint density at radius 1 is 1.12 bits per heavy atom. The highest BCUT2D eigenvalue weighted by Crippen LogP contribution is 2.13. The zero-order valence-electron chi connectivity index (χ0n) is 13.8. The smallest absolute Gasteiger partial charge is 0.220 e. The van der Waals surface area contributed by atoms with Gasteiger partial charge >= 0.3 is 0 Å². The lowest BCUT2D eigenvalue weighted by molar-refractivity contribution is -0.121. The minimum atomic E-state index is 0.0152. The quantitative estimate of drug-likeness (QED) is 0.568. The summed E-state index contributed by atoms with van der Waals surface area (Å²) in [7, 11) is 0. The fourth-order valence-electron chi connectivity index (χ4n) is 2.17. The van der Waals surface area contributed by atoms with E-state index in [-0.39, 0.29) is 11.7 Å². The number of rotatable bonds is 9. The zero-order chi connectivity index (χ0) is 17.2. The maximum absolute atomic E-state index is 11.7. The number of ketones is 1. The number of hydrogen-bond donors (Lipinski definition) is 1. The average molecular weight is 326 g/mol. The molecule has 1 amide bonds. The highest BCUT2D eigenvalue weighted by atomic mass is 16.5. The lowest BCUT2D eigenvalue weighted by atomic mass is 10.1. The fraction of sp³-hybridized carbons (Fsp3) is 0.316. The van der Waals surface area contributed by atoms with Crippen molar-refractivity contribution in [3.63, 3.8) is 0 Å². The van der Waals surface area contributed by atoms with Gasteiger partial charge in [0.25, 0.3) is 0 Å². The molecule has 2 rings (SSSR count). The number of nitrogens with one attached hydrogen (secondary N) is 1. The average Bonchev–Trinajstić information content (AvgIpc) is 2.60. The molecule has 0 aliphatic heterocycles. The maximum atomic E-state index is 11.7. The summed E-state index contributed by atoms with van der Waals surface area (Å²) in [6.07, 6.45) is 3.54. The summed E-state index contributed by atoms with van der Waals surface area (Å²) in [5, 5.41) is 2.88. The third kappa shape index (κ3) is 6.20. The Morgan fingerprint density at radius 3 is 2.58 bits per heavy atom. The van der Waals surface area contributed by atoms with Crippen LogP contribution in [0.4, 0.5) is 0 Å². The van der Waals surface area contributed by atoms with Gasteiger partial charge in [0.05, 0.1) is 6.61 Å². The molecule has 2 aromatic rings. The van der Waals surface area contributed by atoms with Crippen molar-refractivity contribution in [2.45, 2.75) is 26.2 Å². The van der Waals surface area contributed by atoms with Gasteiger partial charge in [0.1, 0.15) is 5.75 Å². The molecule has 0 saturated carbocycles. The molecule has 24 heavy (non-hydrogen) atoms. The van der Waals surface area contributed by atoms with E-state index in [0.717, 1.165) is 12.1 Å². The van der Waals surface area contributed by atoms with Crippen molar-refractivity contribution in [3.05, 3.63) is 59.9 Å². The summed E-state index contributed by atoms with van der Waals surface area (Å²) in [6, 6.07) is 12.8. The Morgan fingerprint density at radius 2 is 1.92 bits per heavy atom. The SMILES string of the molecule is CC(=O)c1ccc(OCCCC(=O)NCCc2ccccn2)cc1. The normalized spacial score (nSPS) is 10.2. The number of ether oxygens (including phenoxy) is 1. The van der Waals surface area contributed by atoms with Crippen molar-refractivity contribution in [1.82, 2.24) is 10.3 Å². The molecule has 1 heterocycles. The molecule has 1 aromatic heterocycles. The topological polar surface area (TPSA) is 68.3 Å². The van der Waals surface area contributed by atoms with E-state index in [1.54, 1.807) is 30.5 Å². The van der Waals surface area contributed by atoms with Gasteiger partial charge < -0.3 is 10.1 Å². The number of amides is 1. The molecule has 0 radical (unpaired) electrons. The van der Waals surface area contributed by atoms with E-state index in [9.17, 15) is 9.59 Å². The Balaban J connectivity index is 1.58. The number of benzene rings is 1. The van der Waals surface area contributed by atoms with Crippen LogP contribution in [0.3, 0.4) is 0 Å². The van der Waals surface area contributed by atoms with Crippen LogP contribution in [-0.4, -0.2) is 29.8 Å². The van der Waals surface area contributed by atoms with Crippen LogP contribution in [0.2, 0.25) is 0 Å². The second-order valence-electron chi connectivity index (χ2n) is 5.45. The van der Waals surface area contributed by atoms with E-state index in [1.807, 2.05) is 18.2 Å². The van der Waals surface area contributed by atoms with Crippen molar-refractivity contribution >= 4 is 11.7 Å². The molecule has 0 aliphatic rings. The van der Waals surface area contributed by atoms with Crippen molar-refractivity contribution in [2.24, 2.45) is 0 Å². The molecule has 1 aromatic carbocycles. The Labute approximate surface area is 142 Å². The molecule has 0 atom stereocenters. The van der Waals surface area contributed by atoms with E-state index in [4.69, 9.17) is 4.74 Å². The predicted molar refractivity (Wildman–Crippen MR) is 92.1 cm³/mol. The van der Waals surface area contributed by atoms with Gasteiger partial charge in [0.2, 0.25) is 5.91 Å². The first kappa shape index (κ1) is 17.7. The Bertz CT molecular complexity index is 654. The van der Waals surface area contributed by atoms with Gasteiger partial charge in [-0.05, 0) is 49.7 Å². The molecule has 0 saturated heterocycles. The van der Waals surface area contributed by atoms with E-state index in [0.29, 0.717) is 37.3 Å². The third-order valence-corrected chi connectivity index (χ3v) is 3.51. The van der Waals surface area contributed by atoms with Gasteiger partial charge in [0.15, 0.2) is 5.78 Å². The third-order valence-electron chi connectivity index (χ3n) is 3.51. The van der Waals surface area contributed by atoms with Crippen molar-refractivity contribution < 1.29 is 14.3 Å². The van der Waals surface area contributed by atoms with Gasteiger partial charge in [-0.3, -0.25) is 14.6 Å². The Hall–Kier alpha value is -2.69. The summed E-state index contributed by atoms with van der Waals surface area (Å²) >= 11 is 0. The van der Waals surface area contributed by atoms with Crippen LogP contribution in [-0.2, 0) is 11.2 Å². The number of carbonyl (C=O) groups is 2. The first-order chi connectivity index (χ1) is 11.6. The van der Waals surface area contributed by atoms with Crippen molar-refractivity contribution in [3.8, 4) is 5.75 Å². The number of Topliss-reactive ketones (excluding diaryl/α,β-unsaturated/α-hetero) is 1. The first-order valence-corrected chi connectivity index (χ1v) is 8.05. The van der Waals surface area contributed by atoms with E-state index in [1.165, 1.54) is 6.92 Å². The van der Waals surface area contributed by atoms with Gasteiger partial charge in [0, 0.05) is 36.8 Å². The summed E-state index contributed by atoms with van der Waals surface area (Å²) < 4.78 is 5.56. The lowest BCUT2D eigenvalue weighted by Gasteiger charge is -2.07. The van der Waals surface area contributed by atoms with E-state index < -0.39 is 0 Å². The molecular weight excluding hydrogens is 304 g/mol. The Kier molecular flexibility index (Phi) is 6.95. The van der Waals surface area contributed by atoms with E-state index >= 15 is 0 Å². The minimum absolute atomic E-state index is 0.0152. The van der Waals surface area contributed by atoms with Crippen LogP contribution in [0.25, 0.3) is 0 Å². The van der Waals surface area contributed by atoms with Crippen LogP contribution in [0, 0.1) is 0 Å². The van der Waals surface area contributed by atoms with Crippen molar-refractivity contribution in [1.29, 1.82) is 0 Å². The van der Waals surface area contributed by atoms with E-state index in [2.05, 4.69) is 10.3 Å². The van der Waals surface area contributed by atoms with Gasteiger partial charge in [-0.2, -0.15) is 0 Å². The molecule has 5 heteroatoms. The predicted octanol–water partition coefficient (Wildman–Crippen LogP) is 2.80. The summed E-state index contributed by atoms with van der Waals surface area (Å²) in [5.74, 6) is 0.751. The molecule has 0 aliphatic carbocycles. The number of pyridine rings is 1.